The van der Waals surface area contributed by atoms with Gasteiger partial charge >= 0.3 is 0 Å². The summed E-state index contributed by atoms with van der Waals surface area (Å²) in [7, 11) is -3.35. The smallest absolute Gasteiger partial charge is 0.243 e. The summed E-state index contributed by atoms with van der Waals surface area (Å²) in [6.07, 6.45) is 0.576. The van der Waals surface area contributed by atoms with Crippen molar-refractivity contribution in [1.29, 1.82) is 0 Å². The van der Waals surface area contributed by atoms with Crippen LogP contribution in [0.15, 0.2) is 18.2 Å². The van der Waals surface area contributed by atoms with Crippen LogP contribution in [0.3, 0.4) is 0 Å². The zero-order chi connectivity index (χ0) is 19.6. The highest BCUT2D eigenvalue weighted by Gasteiger charge is 2.40. The molecule has 1 amide bonds. The summed E-state index contributed by atoms with van der Waals surface area (Å²) >= 11 is 0. The second-order valence-corrected chi connectivity index (χ2v) is 9.60. The van der Waals surface area contributed by atoms with Crippen molar-refractivity contribution in [2.24, 2.45) is 5.92 Å². The molecule has 150 valence electrons. The number of amides is 1. The summed E-state index contributed by atoms with van der Waals surface area (Å²) < 4.78 is 31.3. The largest absolute Gasteiger partial charge is 0.378 e. The van der Waals surface area contributed by atoms with Crippen LogP contribution in [-0.2, 0) is 19.6 Å². The van der Waals surface area contributed by atoms with Crippen LogP contribution in [0.5, 0.6) is 0 Å². The number of carbonyl (C=O) groups is 1. The molecule has 0 unspecified atom stereocenters. The van der Waals surface area contributed by atoms with E-state index in [9.17, 15) is 13.2 Å². The van der Waals surface area contributed by atoms with E-state index < -0.39 is 16.1 Å². The fourth-order valence-electron chi connectivity index (χ4n) is 3.75. The number of morpholine rings is 1. The van der Waals surface area contributed by atoms with Crippen molar-refractivity contribution in [3.05, 3.63) is 23.8 Å². The summed E-state index contributed by atoms with van der Waals surface area (Å²) in [6, 6.07) is 5.26. The summed E-state index contributed by atoms with van der Waals surface area (Å²) in [5.74, 6) is -0.250. The Hall–Kier alpha value is -1.64. The fourth-order valence-corrected chi connectivity index (χ4v) is 5.57. The molecule has 7 nitrogen and oxygen atoms in total. The highest BCUT2D eigenvalue weighted by atomic mass is 32.2. The number of hydrogen-bond donors (Lipinski definition) is 1. The normalized spacial score (nSPS) is 21.4. The van der Waals surface area contributed by atoms with E-state index in [0.717, 1.165) is 43.2 Å². The molecule has 1 aromatic carbocycles. The molecule has 1 atom stereocenters. The molecule has 2 saturated heterocycles. The molecule has 2 aliphatic rings. The number of benzene rings is 1. The Morgan fingerprint density at radius 3 is 2.44 bits per heavy atom. The second-order valence-electron chi connectivity index (χ2n) is 7.56. The average molecular weight is 396 g/mol. The maximum atomic E-state index is 12.9. The number of nitrogens with one attached hydrogen (secondary N) is 1. The van der Waals surface area contributed by atoms with Gasteiger partial charge < -0.3 is 15.0 Å². The molecule has 3 rings (SSSR count). The Bertz CT molecular complexity index is 788. The van der Waals surface area contributed by atoms with E-state index >= 15 is 0 Å². The number of ether oxygens (including phenoxy) is 1. The summed E-state index contributed by atoms with van der Waals surface area (Å²) in [5.41, 5.74) is 2.79. The molecule has 2 heterocycles. The first kappa shape index (κ1) is 20.1. The van der Waals surface area contributed by atoms with Crippen molar-refractivity contribution < 1.29 is 17.9 Å². The van der Waals surface area contributed by atoms with Gasteiger partial charge in [-0.2, -0.15) is 4.31 Å². The van der Waals surface area contributed by atoms with Gasteiger partial charge in [0.25, 0.3) is 0 Å². The van der Waals surface area contributed by atoms with Gasteiger partial charge in [0.2, 0.25) is 15.9 Å². The molecule has 8 heteroatoms. The van der Waals surface area contributed by atoms with E-state index in [0.29, 0.717) is 13.0 Å². The van der Waals surface area contributed by atoms with Crippen LogP contribution >= 0.6 is 0 Å². The van der Waals surface area contributed by atoms with Crippen LogP contribution in [-0.4, -0.2) is 63.3 Å². The van der Waals surface area contributed by atoms with Crippen LogP contribution < -0.4 is 10.2 Å². The first-order valence-electron chi connectivity index (χ1n) is 9.53. The molecule has 0 spiro atoms. The van der Waals surface area contributed by atoms with Crippen LogP contribution in [0.25, 0.3) is 0 Å². The van der Waals surface area contributed by atoms with E-state index in [1.807, 2.05) is 32.9 Å². The molecule has 2 fully saturated rings. The topological polar surface area (TPSA) is 79.0 Å². The van der Waals surface area contributed by atoms with E-state index in [2.05, 4.69) is 16.3 Å². The third-order valence-electron chi connectivity index (χ3n) is 5.19. The van der Waals surface area contributed by atoms with Gasteiger partial charge in [0.15, 0.2) is 0 Å². The van der Waals surface area contributed by atoms with Crippen molar-refractivity contribution in [3.8, 4) is 0 Å². The van der Waals surface area contributed by atoms with Crippen molar-refractivity contribution in [2.75, 3.05) is 48.8 Å². The summed E-state index contributed by atoms with van der Waals surface area (Å²) in [6.45, 7) is 9.28. The van der Waals surface area contributed by atoms with Gasteiger partial charge in [0.05, 0.1) is 19.0 Å². The van der Waals surface area contributed by atoms with Crippen LogP contribution in [0, 0.1) is 12.8 Å². The molecule has 27 heavy (non-hydrogen) atoms. The number of sulfonamides is 1. The van der Waals surface area contributed by atoms with Crippen LogP contribution in [0.1, 0.15) is 25.8 Å². The predicted octanol–water partition coefficient (Wildman–Crippen LogP) is 1.83. The van der Waals surface area contributed by atoms with Crippen LogP contribution in [0.4, 0.5) is 11.4 Å². The number of nitrogens with zero attached hydrogens (tertiary/aromatic N) is 2. The van der Waals surface area contributed by atoms with Gasteiger partial charge in [0, 0.05) is 31.0 Å². The lowest BCUT2D eigenvalue weighted by atomic mass is 10.0. The third-order valence-corrected chi connectivity index (χ3v) is 7.12. The number of hydrogen-bond acceptors (Lipinski definition) is 5. The van der Waals surface area contributed by atoms with Gasteiger partial charge in [-0.15, -0.1) is 0 Å². The molecule has 1 aromatic rings. The van der Waals surface area contributed by atoms with E-state index in [1.165, 1.54) is 4.31 Å². The minimum absolute atomic E-state index is 0.106. The molecule has 0 aromatic heterocycles. The zero-order valence-electron chi connectivity index (χ0n) is 16.3. The standard InChI is InChI=1S/C19H29N3O4S/c1-14(2)18(22-7-4-12-27(22,24)25)19(23)20-17-6-5-16(13-15(17)3)21-8-10-26-11-9-21/h5-6,13-14,18H,4,7-12H2,1-3H3,(H,20,23)/t18-/m0/s1. The van der Waals surface area contributed by atoms with E-state index in [1.54, 1.807) is 0 Å². The summed E-state index contributed by atoms with van der Waals surface area (Å²) in [5, 5.41) is 2.95. The van der Waals surface area contributed by atoms with Gasteiger partial charge in [-0.25, -0.2) is 8.42 Å². The Morgan fingerprint density at radius 2 is 1.89 bits per heavy atom. The SMILES string of the molecule is Cc1cc(N2CCOCC2)ccc1NC(=O)[C@H](C(C)C)N1CCCS1(=O)=O. The maximum absolute atomic E-state index is 12.9. The molecular weight excluding hydrogens is 366 g/mol. The molecule has 0 saturated carbocycles. The average Bonchev–Trinajstić information content (AvgIpc) is 2.96. The quantitative estimate of drug-likeness (QED) is 0.823. The van der Waals surface area contributed by atoms with E-state index in [-0.39, 0.29) is 17.6 Å². The number of aryl methyl sites for hydroxylation is 1. The first-order chi connectivity index (χ1) is 12.8. The fraction of sp³-hybridized carbons (Fsp3) is 0.632. The monoisotopic (exact) mass is 395 g/mol. The zero-order valence-corrected chi connectivity index (χ0v) is 17.1. The third kappa shape index (κ3) is 4.44. The van der Waals surface area contributed by atoms with Crippen LogP contribution in [0.2, 0.25) is 0 Å². The van der Waals surface area contributed by atoms with Gasteiger partial charge in [0.1, 0.15) is 6.04 Å². The van der Waals surface area contributed by atoms with Gasteiger partial charge in [-0.3, -0.25) is 4.79 Å². The van der Waals surface area contributed by atoms with E-state index in [4.69, 9.17) is 4.74 Å². The molecular formula is C19H29N3O4S. The lowest BCUT2D eigenvalue weighted by Gasteiger charge is -2.30. The molecule has 0 aliphatic carbocycles. The molecule has 2 aliphatic heterocycles. The summed E-state index contributed by atoms with van der Waals surface area (Å²) in [4.78, 5) is 15.2. The Balaban J connectivity index is 1.75. The predicted molar refractivity (Wildman–Crippen MR) is 107 cm³/mol. The number of anilines is 2. The molecule has 1 N–H and O–H groups in total. The number of carbonyl (C=O) groups excluding carboxylic acids is 1. The van der Waals surface area contributed by atoms with Crippen molar-refractivity contribution in [1.82, 2.24) is 4.31 Å². The first-order valence-corrected chi connectivity index (χ1v) is 11.1. The highest BCUT2D eigenvalue weighted by Crippen LogP contribution is 2.26. The Morgan fingerprint density at radius 1 is 1.19 bits per heavy atom. The van der Waals surface area contributed by atoms with Crippen molar-refractivity contribution in [3.63, 3.8) is 0 Å². The minimum atomic E-state index is -3.35. The van der Waals surface area contributed by atoms with Crippen molar-refractivity contribution >= 4 is 27.3 Å². The van der Waals surface area contributed by atoms with Crippen molar-refractivity contribution in [2.45, 2.75) is 33.2 Å². The molecule has 0 bridgehead atoms. The Labute approximate surface area is 161 Å². The lowest BCUT2D eigenvalue weighted by Crippen LogP contribution is -2.48. The highest BCUT2D eigenvalue weighted by molar-refractivity contribution is 7.89. The number of rotatable bonds is 5. The minimum Gasteiger partial charge on any atom is -0.378 e. The maximum Gasteiger partial charge on any atom is 0.243 e. The Kier molecular flexibility index (Phi) is 6.08. The van der Waals surface area contributed by atoms with Gasteiger partial charge in [-0.05, 0) is 43.0 Å². The van der Waals surface area contributed by atoms with Gasteiger partial charge in [-0.1, -0.05) is 13.8 Å². The second kappa shape index (κ2) is 8.16. The lowest BCUT2D eigenvalue weighted by molar-refractivity contribution is -0.120. The molecule has 0 radical (unpaired) electrons.